The molecule has 1 unspecified atom stereocenters. The number of hydrogen-bond acceptors (Lipinski definition) is 1. The quantitative estimate of drug-likeness (QED) is 0.743. The third kappa shape index (κ3) is 3.42. The maximum absolute atomic E-state index is 13.1. The predicted octanol–water partition coefficient (Wildman–Crippen LogP) is 4.73. The number of amides is 1. The Kier molecular flexibility index (Phi) is 4.66. The largest absolute Gasteiger partial charge is 0.417 e. The Morgan fingerprint density at radius 1 is 1.38 bits per heavy atom. The summed E-state index contributed by atoms with van der Waals surface area (Å²) in [5, 5.41) is 0. The van der Waals surface area contributed by atoms with Crippen molar-refractivity contribution < 1.29 is 18.0 Å². The minimum atomic E-state index is -4.54. The number of carbonyl (C=O) groups is 1. The molecule has 2 nitrogen and oxygen atoms in total. The van der Waals surface area contributed by atoms with Gasteiger partial charge in [0.05, 0.1) is 11.1 Å². The molecule has 0 aromatic heterocycles. The number of hydrogen-bond donors (Lipinski definition) is 0. The molecule has 0 saturated carbocycles. The molecule has 1 aliphatic rings. The van der Waals surface area contributed by atoms with Crippen LogP contribution in [0.2, 0.25) is 0 Å². The SMILES string of the molecule is CC(C)C1CCCN1C(=O)c1ccc(Br)cc1C(F)(F)F. The second-order valence-corrected chi connectivity index (χ2v) is 6.56. The summed E-state index contributed by atoms with van der Waals surface area (Å²) in [6.07, 6.45) is -2.85. The van der Waals surface area contributed by atoms with Crippen LogP contribution in [0.15, 0.2) is 22.7 Å². The summed E-state index contributed by atoms with van der Waals surface area (Å²) in [5.74, 6) is -0.285. The van der Waals surface area contributed by atoms with Crippen molar-refractivity contribution in [2.75, 3.05) is 6.54 Å². The van der Waals surface area contributed by atoms with E-state index in [-0.39, 0.29) is 17.5 Å². The first-order chi connectivity index (χ1) is 9.71. The lowest BCUT2D eigenvalue weighted by atomic mass is 10.00. The fourth-order valence-electron chi connectivity index (χ4n) is 2.83. The summed E-state index contributed by atoms with van der Waals surface area (Å²) < 4.78 is 39.7. The zero-order chi connectivity index (χ0) is 15.8. The van der Waals surface area contributed by atoms with E-state index in [2.05, 4.69) is 15.9 Å². The standard InChI is InChI=1S/C15H17BrF3NO/c1-9(2)13-4-3-7-20(13)14(21)11-6-5-10(16)8-12(11)15(17,18)19/h5-6,8-9,13H,3-4,7H2,1-2H3. The highest BCUT2D eigenvalue weighted by atomic mass is 79.9. The zero-order valence-electron chi connectivity index (χ0n) is 11.9. The molecule has 1 aromatic carbocycles. The minimum absolute atomic E-state index is 0.0160. The highest BCUT2D eigenvalue weighted by Gasteiger charge is 2.39. The lowest BCUT2D eigenvalue weighted by Crippen LogP contribution is -2.39. The van der Waals surface area contributed by atoms with Crippen LogP contribution in [0.25, 0.3) is 0 Å². The van der Waals surface area contributed by atoms with E-state index in [1.54, 1.807) is 4.90 Å². The Morgan fingerprint density at radius 3 is 2.62 bits per heavy atom. The van der Waals surface area contributed by atoms with Crippen molar-refractivity contribution in [3.63, 3.8) is 0 Å². The average Bonchev–Trinajstić information content (AvgIpc) is 2.86. The van der Waals surface area contributed by atoms with Crippen LogP contribution >= 0.6 is 15.9 Å². The summed E-state index contributed by atoms with van der Waals surface area (Å²) >= 11 is 3.03. The lowest BCUT2D eigenvalue weighted by Gasteiger charge is -2.28. The van der Waals surface area contributed by atoms with Crippen molar-refractivity contribution >= 4 is 21.8 Å². The molecule has 6 heteroatoms. The second kappa shape index (κ2) is 5.99. The third-order valence-corrected chi connectivity index (χ3v) is 4.34. The summed E-state index contributed by atoms with van der Waals surface area (Å²) in [7, 11) is 0. The molecular weight excluding hydrogens is 347 g/mol. The first-order valence-electron chi connectivity index (χ1n) is 6.89. The molecule has 1 heterocycles. The van der Waals surface area contributed by atoms with E-state index < -0.39 is 17.6 Å². The number of likely N-dealkylation sites (tertiary alicyclic amines) is 1. The van der Waals surface area contributed by atoms with Gasteiger partial charge in [-0.15, -0.1) is 0 Å². The van der Waals surface area contributed by atoms with Crippen LogP contribution in [0.3, 0.4) is 0 Å². The zero-order valence-corrected chi connectivity index (χ0v) is 13.5. The highest BCUT2D eigenvalue weighted by molar-refractivity contribution is 9.10. The maximum Gasteiger partial charge on any atom is 0.417 e. The van der Waals surface area contributed by atoms with Crippen LogP contribution in [0, 0.1) is 5.92 Å². The number of alkyl halides is 3. The van der Waals surface area contributed by atoms with Crippen LogP contribution in [-0.4, -0.2) is 23.4 Å². The van der Waals surface area contributed by atoms with E-state index in [9.17, 15) is 18.0 Å². The Hall–Kier alpha value is -1.04. The molecule has 0 N–H and O–H groups in total. The van der Waals surface area contributed by atoms with Gasteiger partial charge < -0.3 is 4.90 Å². The van der Waals surface area contributed by atoms with Gasteiger partial charge in [0, 0.05) is 17.1 Å². The van der Waals surface area contributed by atoms with Gasteiger partial charge in [-0.05, 0) is 37.0 Å². The Balaban J connectivity index is 2.40. The predicted molar refractivity (Wildman–Crippen MR) is 78.0 cm³/mol. The fraction of sp³-hybridized carbons (Fsp3) is 0.533. The molecule has 0 aliphatic carbocycles. The molecule has 0 radical (unpaired) electrons. The maximum atomic E-state index is 13.1. The summed E-state index contributed by atoms with van der Waals surface area (Å²) in [6, 6.07) is 3.71. The monoisotopic (exact) mass is 363 g/mol. The van der Waals surface area contributed by atoms with Gasteiger partial charge in [0.15, 0.2) is 0 Å². The van der Waals surface area contributed by atoms with Gasteiger partial charge >= 0.3 is 6.18 Å². The van der Waals surface area contributed by atoms with E-state index in [1.807, 2.05) is 13.8 Å². The molecule has 116 valence electrons. The molecule has 1 saturated heterocycles. The number of halogens is 4. The minimum Gasteiger partial charge on any atom is -0.335 e. The second-order valence-electron chi connectivity index (χ2n) is 5.64. The van der Waals surface area contributed by atoms with Gasteiger partial charge in [0.25, 0.3) is 5.91 Å². The molecular formula is C15H17BrF3NO. The normalized spacial score (nSPS) is 19.4. The van der Waals surface area contributed by atoms with Gasteiger partial charge in [0.2, 0.25) is 0 Å². The van der Waals surface area contributed by atoms with Crippen molar-refractivity contribution in [2.45, 2.75) is 38.9 Å². The Labute approximate surface area is 130 Å². The van der Waals surface area contributed by atoms with Crippen molar-refractivity contribution in [3.05, 3.63) is 33.8 Å². The van der Waals surface area contributed by atoms with E-state index in [0.717, 1.165) is 18.9 Å². The molecule has 21 heavy (non-hydrogen) atoms. The highest BCUT2D eigenvalue weighted by Crippen LogP contribution is 2.35. The lowest BCUT2D eigenvalue weighted by molar-refractivity contribution is -0.138. The molecule has 1 fully saturated rings. The Morgan fingerprint density at radius 2 is 2.05 bits per heavy atom. The smallest absolute Gasteiger partial charge is 0.335 e. The van der Waals surface area contributed by atoms with Gasteiger partial charge in [-0.25, -0.2) is 0 Å². The third-order valence-electron chi connectivity index (χ3n) is 3.85. The number of carbonyl (C=O) groups excluding carboxylic acids is 1. The molecule has 1 amide bonds. The van der Waals surface area contributed by atoms with Gasteiger partial charge in [-0.1, -0.05) is 29.8 Å². The van der Waals surface area contributed by atoms with Crippen LogP contribution < -0.4 is 0 Å². The molecule has 2 rings (SSSR count). The van der Waals surface area contributed by atoms with Crippen LogP contribution in [-0.2, 0) is 6.18 Å². The van der Waals surface area contributed by atoms with Gasteiger partial charge in [-0.2, -0.15) is 13.2 Å². The first kappa shape index (κ1) is 16.3. The molecule has 1 aliphatic heterocycles. The topological polar surface area (TPSA) is 20.3 Å². The number of nitrogens with zero attached hydrogens (tertiary/aromatic N) is 1. The number of rotatable bonds is 2. The summed E-state index contributed by atoms with van der Waals surface area (Å²) in [6.45, 7) is 4.50. The van der Waals surface area contributed by atoms with E-state index in [1.165, 1.54) is 12.1 Å². The molecule has 0 bridgehead atoms. The summed E-state index contributed by atoms with van der Waals surface area (Å²) in [5.41, 5.74) is -1.14. The van der Waals surface area contributed by atoms with Crippen LogP contribution in [0.4, 0.5) is 13.2 Å². The fourth-order valence-corrected chi connectivity index (χ4v) is 3.19. The van der Waals surface area contributed by atoms with Crippen molar-refractivity contribution in [2.24, 2.45) is 5.92 Å². The van der Waals surface area contributed by atoms with Crippen LogP contribution in [0.1, 0.15) is 42.6 Å². The van der Waals surface area contributed by atoms with Crippen molar-refractivity contribution in [3.8, 4) is 0 Å². The molecule has 1 atom stereocenters. The van der Waals surface area contributed by atoms with Gasteiger partial charge in [0.1, 0.15) is 0 Å². The average molecular weight is 364 g/mol. The van der Waals surface area contributed by atoms with E-state index in [0.29, 0.717) is 11.0 Å². The van der Waals surface area contributed by atoms with E-state index >= 15 is 0 Å². The molecule has 1 aromatic rings. The Bertz CT molecular complexity index is 542. The summed E-state index contributed by atoms with van der Waals surface area (Å²) in [4.78, 5) is 14.1. The van der Waals surface area contributed by atoms with Gasteiger partial charge in [-0.3, -0.25) is 4.79 Å². The molecule has 0 spiro atoms. The van der Waals surface area contributed by atoms with Crippen molar-refractivity contribution in [1.29, 1.82) is 0 Å². The van der Waals surface area contributed by atoms with Crippen molar-refractivity contribution in [1.82, 2.24) is 4.90 Å². The van der Waals surface area contributed by atoms with E-state index in [4.69, 9.17) is 0 Å². The first-order valence-corrected chi connectivity index (χ1v) is 7.69. The van der Waals surface area contributed by atoms with Crippen LogP contribution in [0.5, 0.6) is 0 Å². The number of benzene rings is 1.